The van der Waals surface area contributed by atoms with Crippen LogP contribution < -0.4 is 0 Å². The lowest BCUT2D eigenvalue weighted by molar-refractivity contribution is -0.409. The van der Waals surface area contributed by atoms with E-state index in [1.54, 1.807) is 6.92 Å². The van der Waals surface area contributed by atoms with Crippen LogP contribution in [0.5, 0.6) is 0 Å². The van der Waals surface area contributed by atoms with E-state index in [1.807, 2.05) is 60.6 Å². The van der Waals surface area contributed by atoms with E-state index in [1.165, 1.54) is 0 Å². The number of ether oxygens (including phenoxy) is 6. The van der Waals surface area contributed by atoms with Crippen molar-refractivity contribution in [1.29, 1.82) is 0 Å². The Morgan fingerprint density at radius 1 is 0.881 bits per heavy atom. The fraction of sp³-hybridized carbons (Fsp3) is 0.894. The highest BCUT2D eigenvalue weighted by Gasteiger charge is 2.64. The van der Waals surface area contributed by atoms with Crippen molar-refractivity contribution >= 4 is 17.7 Å². The summed E-state index contributed by atoms with van der Waals surface area (Å²) in [6.45, 7) is 21.7. The molecule has 5 rings (SSSR count). The van der Waals surface area contributed by atoms with Crippen LogP contribution in [0.15, 0.2) is 12.2 Å². The Morgan fingerprint density at radius 2 is 1.58 bits per heavy atom. The molecule has 4 saturated heterocycles. The molecule has 0 bridgehead atoms. The molecule has 18 atom stereocenters. The van der Waals surface area contributed by atoms with E-state index in [4.69, 9.17) is 28.4 Å². The fourth-order valence-corrected chi connectivity index (χ4v) is 11.1. The van der Waals surface area contributed by atoms with Crippen LogP contribution in [0, 0.1) is 41.4 Å². The Balaban J connectivity index is 1.38. The average Bonchev–Trinajstić information content (AvgIpc) is 3.54. The molecule has 0 aromatic carbocycles. The molecule has 5 aliphatic heterocycles. The summed E-state index contributed by atoms with van der Waals surface area (Å²) in [5.74, 6) is -6.35. The molecule has 338 valence electrons. The summed E-state index contributed by atoms with van der Waals surface area (Å²) >= 11 is 0. The number of carboxylic acids is 1. The summed E-state index contributed by atoms with van der Waals surface area (Å²) in [6.07, 6.45) is 7.43. The zero-order chi connectivity index (χ0) is 43.7. The Hall–Kier alpha value is -1.93. The molecule has 5 aliphatic rings. The van der Waals surface area contributed by atoms with Gasteiger partial charge in [-0.05, 0) is 102 Å². The second-order valence-corrected chi connectivity index (χ2v) is 19.5. The fourth-order valence-electron chi connectivity index (χ4n) is 11.1. The molecule has 3 N–H and O–H groups in total. The van der Waals surface area contributed by atoms with Crippen molar-refractivity contribution in [2.75, 3.05) is 0 Å². The third-order valence-electron chi connectivity index (χ3n) is 15.4. The average molecular weight is 835 g/mol. The first-order valence-electron chi connectivity index (χ1n) is 23.2. The van der Waals surface area contributed by atoms with Gasteiger partial charge in [0.2, 0.25) is 5.79 Å². The van der Waals surface area contributed by atoms with Crippen LogP contribution >= 0.6 is 0 Å². The van der Waals surface area contributed by atoms with E-state index in [2.05, 4.69) is 20.8 Å². The Kier molecular flexibility index (Phi) is 15.7. The predicted octanol–water partition coefficient (Wildman–Crippen LogP) is 7.93. The summed E-state index contributed by atoms with van der Waals surface area (Å²) in [4.78, 5) is 39.8. The number of hydrogen-bond donors (Lipinski definition) is 3. The SMILES string of the molecule is CCCCC(=O)O[C@@H]1C=C[C@]2(O[C@H]([C@@H](CC)C(=O)[C@@H](C)[C@@H](O)[C@H](C)[C@@H]3O[C@@H]([C@@H](CC)C(=O)O)CC[C@@H]3C)[C@@H](C)C[C@H]2C)O[C@@]12CC[C@@](C)([C@H]1CC[C@](O)(CC)[C@H](C)O1)O2. The molecule has 12 heteroatoms. The third-order valence-corrected chi connectivity index (χ3v) is 15.4. The van der Waals surface area contributed by atoms with Gasteiger partial charge in [0, 0.05) is 36.5 Å². The number of ketones is 1. The molecule has 0 aromatic heterocycles. The van der Waals surface area contributed by atoms with Gasteiger partial charge in [0.15, 0.2) is 11.9 Å². The van der Waals surface area contributed by atoms with Crippen molar-refractivity contribution in [3.05, 3.63) is 12.2 Å². The minimum atomic E-state index is -1.38. The highest BCUT2D eigenvalue weighted by atomic mass is 16.8. The van der Waals surface area contributed by atoms with E-state index in [-0.39, 0.29) is 54.2 Å². The van der Waals surface area contributed by atoms with Crippen LogP contribution in [0.3, 0.4) is 0 Å². The quantitative estimate of drug-likeness (QED) is 0.102. The number of unbranched alkanes of at least 4 members (excludes halogenated alkanes) is 1. The van der Waals surface area contributed by atoms with Gasteiger partial charge in [-0.25, -0.2) is 0 Å². The Morgan fingerprint density at radius 3 is 2.19 bits per heavy atom. The summed E-state index contributed by atoms with van der Waals surface area (Å²) in [7, 11) is 0. The number of hydrogen-bond acceptors (Lipinski definition) is 11. The van der Waals surface area contributed by atoms with Crippen molar-refractivity contribution in [3.63, 3.8) is 0 Å². The lowest BCUT2D eigenvalue weighted by Gasteiger charge is -2.54. The molecule has 5 heterocycles. The number of carboxylic acid groups (broad SMARTS) is 1. The lowest BCUT2D eigenvalue weighted by Crippen LogP contribution is -2.63. The molecular weight excluding hydrogens is 757 g/mol. The van der Waals surface area contributed by atoms with Gasteiger partial charge < -0.3 is 43.7 Å². The number of aliphatic hydroxyl groups excluding tert-OH is 1. The zero-order valence-electron chi connectivity index (χ0n) is 37.9. The molecule has 0 amide bonds. The molecule has 2 spiro atoms. The molecular formula is C47H78O12. The normalized spacial score (nSPS) is 42.6. The first-order valence-corrected chi connectivity index (χ1v) is 23.2. The second-order valence-electron chi connectivity index (χ2n) is 19.5. The third kappa shape index (κ3) is 9.69. The summed E-state index contributed by atoms with van der Waals surface area (Å²) in [5.41, 5.74) is -1.71. The van der Waals surface area contributed by atoms with Gasteiger partial charge in [-0.1, -0.05) is 68.7 Å². The van der Waals surface area contributed by atoms with Gasteiger partial charge in [-0.15, -0.1) is 0 Å². The zero-order valence-corrected chi connectivity index (χ0v) is 37.9. The molecule has 12 nitrogen and oxygen atoms in total. The molecule has 4 fully saturated rings. The molecule has 0 saturated carbocycles. The maximum Gasteiger partial charge on any atom is 0.309 e. The number of carbonyl (C=O) groups excluding carboxylic acids is 2. The van der Waals surface area contributed by atoms with E-state index in [0.29, 0.717) is 64.2 Å². The smallest absolute Gasteiger partial charge is 0.309 e. The summed E-state index contributed by atoms with van der Waals surface area (Å²) in [5, 5.41) is 32.9. The number of esters is 1. The van der Waals surface area contributed by atoms with E-state index in [0.717, 1.165) is 12.8 Å². The standard InChI is InChI=1S/C47H78O12/c1-12-16-17-38(48)56-37-21-23-46(59-47(37)25-24-44(11,58-47)36-20-22-45(53,15-4)32(10)54-36)29(7)26-28(6)42(57-46)34(14-3)40(50)30(8)39(49)31(9)41-27(5)18-19-35(55-41)33(13-2)43(51)52/h21,23,27-37,39,41-42,49,53H,12-20,22,24-26H2,1-11H3,(H,51,52)/t27-,28-,29+,30-,31-,32-,33+,34-,35+,36+,37+,39+,41+,42-,44-,45+,46-,47-/m0/s1. The number of carbonyl (C=O) groups is 3. The van der Waals surface area contributed by atoms with Crippen molar-refractivity contribution in [2.24, 2.45) is 41.4 Å². The van der Waals surface area contributed by atoms with Gasteiger partial charge in [0.1, 0.15) is 5.78 Å². The molecule has 0 aromatic rings. The maximum atomic E-state index is 14.6. The van der Waals surface area contributed by atoms with E-state index >= 15 is 0 Å². The van der Waals surface area contributed by atoms with Crippen molar-refractivity contribution in [2.45, 2.75) is 225 Å². The Labute approximate surface area is 353 Å². The number of rotatable bonds is 16. The van der Waals surface area contributed by atoms with Gasteiger partial charge >= 0.3 is 11.9 Å². The molecule has 59 heavy (non-hydrogen) atoms. The van der Waals surface area contributed by atoms with Crippen LogP contribution in [-0.2, 0) is 42.8 Å². The summed E-state index contributed by atoms with van der Waals surface area (Å²) in [6, 6.07) is 0. The number of Topliss-reactive ketones (excluding diaryl/α,β-unsaturated/α-hetero) is 1. The van der Waals surface area contributed by atoms with Crippen molar-refractivity contribution < 1.29 is 58.1 Å². The molecule has 0 radical (unpaired) electrons. The molecule has 0 aliphatic carbocycles. The largest absolute Gasteiger partial charge is 0.481 e. The van der Waals surface area contributed by atoms with Gasteiger partial charge in [0.05, 0.1) is 53.7 Å². The first kappa shape index (κ1) is 48.1. The van der Waals surface area contributed by atoms with Crippen LogP contribution in [0.4, 0.5) is 0 Å². The number of aliphatic hydroxyl groups is 2. The predicted molar refractivity (Wildman–Crippen MR) is 222 cm³/mol. The second kappa shape index (κ2) is 19.2. The molecule has 0 unspecified atom stereocenters. The van der Waals surface area contributed by atoms with Crippen LogP contribution in [0.25, 0.3) is 0 Å². The minimum Gasteiger partial charge on any atom is -0.481 e. The summed E-state index contributed by atoms with van der Waals surface area (Å²) < 4.78 is 40.5. The van der Waals surface area contributed by atoms with Gasteiger partial charge in [0.25, 0.3) is 0 Å². The van der Waals surface area contributed by atoms with Gasteiger partial charge in [-0.2, -0.15) is 0 Å². The van der Waals surface area contributed by atoms with E-state index in [9.17, 15) is 29.7 Å². The minimum absolute atomic E-state index is 0.0162. The highest BCUT2D eigenvalue weighted by Crippen LogP contribution is 2.54. The highest BCUT2D eigenvalue weighted by molar-refractivity contribution is 5.84. The monoisotopic (exact) mass is 835 g/mol. The lowest BCUT2D eigenvalue weighted by atomic mass is 9.72. The van der Waals surface area contributed by atoms with Crippen LogP contribution in [0.2, 0.25) is 0 Å². The van der Waals surface area contributed by atoms with Crippen molar-refractivity contribution in [1.82, 2.24) is 0 Å². The van der Waals surface area contributed by atoms with Crippen LogP contribution in [0.1, 0.15) is 160 Å². The van der Waals surface area contributed by atoms with Crippen LogP contribution in [-0.4, -0.2) is 98.5 Å². The topological polar surface area (TPSA) is 167 Å². The maximum absolute atomic E-state index is 14.6. The van der Waals surface area contributed by atoms with Gasteiger partial charge in [-0.3, -0.25) is 14.4 Å². The Bertz CT molecular complexity index is 1490. The first-order chi connectivity index (χ1) is 27.7. The van der Waals surface area contributed by atoms with Crippen molar-refractivity contribution in [3.8, 4) is 0 Å². The number of aliphatic carboxylic acids is 1. The van der Waals surface area contributed by atoms with E-state index < -0.39 is 76.8 Å².